The Morgan fingerprint density at radius 2 is 1.76 bits per heavy atom. The number of hydrogen-bond acceptors (Lipinski definition) is 3. The average Bonchev–Trinajstić information content (AvgIpc) is 2.94. The number of anilines is 1. The molecule has 0 fully saturated rings. The first kappa shape index (κ1) is 17.2. The average molecular weight is 358 g/mol. The number of aromatic nitrogens is 1. The first-order valence-corrected chi connectivity index (χ1v) is 8.53. The minimum absolute atomic E-state index is 0.221. The van der Waals surface area contributed by atoms with Crippen LogP contribution in [0.15, 0.2) is 35.7 Å². The normalized spacial score (nSPS) is 10.8. The second kappa shape index (κ2) is 6.72. The fourth-order valence-corrected chi connectivity index (χ4v) is 3.56. The van der Waals surface area contributed by atoms with Crippen LogP contribution in [0.1, 0.15) is 27.0 Å². The molecule has 128 valence electrons. The lowest BCUT2D eigenvalue weighted by Crippen LogP contribution is -2.13. The van der Waals surface area contributed by atoms with E-state index in [0.29, 0.717) is 11.2 Å². The van der Waals surface area contributed by atoms with Crippen molar-refractivity contribution in [1.29, 1.82) is 0 Å². The molecule has 1 N–H and O–H groups in total. The summed E-state index contributed by atoms with van der Waals surface area (Å²) in [5.41, 5.74) is 4.94. The summed E-state index contributed by atoms with van der Waals surface area (Å²) in [5.74, 6) is -2.29. The summed E-state index contributed by atoms with van der Waals surface area (Å²) in [4.78, 5) is 16.6. The van der Waals surface area contributed by atoms with Gasteiger partial charge in [-0.15, -0.1) is 11.3 Å². The highest BCUT2D eigenvalue weighted by molar-refractivity contribution is 7.14. The maximum atomic E-state index is 13.7. The molecule has 2 aromatic carbocycles. The van der Waals surface area contributed by atoms with Crippen LogP contribution in [0.2, 0.25) is 0 Å². The second-order valence-corrected chi connectivity index (χ2v) is 6.75. The molecule has 1 heterocycles. The molecule has 3 aromatic rings. The number of hydrogen-bond donors (Lipinski definition) is 1. The maximum Gasteiger partial charge on any atom is 0.260 e. The molecule has 0 aliphatic rings. The molecule has 1 amide bonds. The van der Waals surface area contributed by atoms with Gasteiger partial charge in [-0.2, -0.15) is 0 Å². The largest absolute Gasteiger partial charge is 0.298 e. The van der Waals surface area contributed by atoms with E-state index in [4.69, 9.17) is 0 Å². The van der Waals surface area contributed by atoms with Crippen LogP contribution in [0.3, 0.4) is 0 Å². The van der Waals surface area contributed by atoms with Crippen molar-refractivity contribution in [3.8, 4) is 11.3 Å². The summed E-state index contributed by atoms with van der Waals surface area (Å²) in [6.45, 7) is 6.06. The maximum absolute atomic E-state index is 13.7. The Bertz CT molecular complexity index is 943. The monoisotopic (exact) mass is 358 g/mol. The molecule has 0 bridgehead atoms. The zero-order valence-corrected chi connectivity index (χ0v) is 14.8. The number of nitrogens with zero attached hydrogens (tertiary/aromatic N) is 1. The van der Waals surface area contributed by atoms with Gasteiger partial charge in [0, 0.05) is 17.0 Å². The first-order valence-electron chi connectivity index (χ1n) is 7.65. The van der Waals surface area contributed by atoms with Crippen LogP contribution in [0, 0.1) is 32.4 Å². The molecule has 0 unspecified atom stereocenters. The van der Waals surface area contributed by atoms with Crippen LogP contribution < -0.4 is 5.32 Å². The quantitative estimate of drug-likeness (QED) is 0.693. The van der Waals surface area contributed by atoms with Gasteiger partial charge >= 0.3 is 0 Å². The van der Waals surface area contributed by atoms with E-state index in [2.05, 4.69) is 22.4 Å². The number of thiazole rings is 1. The van der Waals surface area contributed by atoms with Gasteiger partial charge in [0.25, 0.3) is 5.91 Å². The van der Waals surface area contributed by atoms with Gasteiger partial charge in [0.05, 0.1) is 11.3 Å². The molecule has 3 nitrogen and oxygen atoms in total. The lowest BCUT2D eigenvalue weighted by Gasteiger charge is -2.08. The van der Waals surface area contributed by atoms with Crippen molar-refractivity contribution < 1.29 is 13.6 Å². The van der Waals surface area contributed by atoms with Crippen molar-refractivity contribution in [3.63, 3.8) is 0 Å². The lowest BCUT2D eigenvalue weighted by molar-refractivity contribution is 0.102. The first-order chi connectivity index (χ1) is 11.8. The number of nitrogens with one attached hydrogen (secondary N) is 1. The topological polar surface area (TPSA) is 42.0 Å². The van der Waals surface area contributed by atoms with Crippen molar-refractivity contribution in [1.82, 2.24) is 4.98 Å². The minimum atomic E-state index is -0.903. The highest BCUT2D eigenvalue weighted by Crippen LogP contribution is 2.31. The van der Waals surface area contributed by atoms with Gasteiger partial charge in [-0.3, -0.25) is 10.1 Å². The Morgan fingerprint density at radius 3 is 2.40 bits per heavy atom. The zero-order valence-electron chi connectivity index (χ0n) is 14.0. The summed E-state index contributed by atoms with van der Waals surface area (Å²) < 4.78 is 26.7. The third-order valence-corrected chi connectivity index (χ3v) is 4.59. The highest BCUT2D eigenvalue weighted by atomic mass is 32.1. The third kappa shape index (κ3) is 3.58. The molecule has 0 aliphatic heterocycles. The van der Waals surface area contributed by atoms with Gasteiger partial charge in [-0.25, -0.2) is 13.8 Å². The van der Waals surface area contributed by atoms with E-state index in [-0.39, 0.29) is 5.56 Å². The van der Waals surface area contributed by atoms with Gasteiger partial charge in [-0.05, 0) is 44.0 Å². The van der Waals surface area contributed by atoms with Crippen molar-refractivity contribution in [2.24, 2.45) is 0 Å². The van der Waals surface area contributed by atoms with E-state index in [9.17, 15) is 13.6 Å². The molecule has 6 heteroatoms. The summed E-state index contributed by atoms with van der Waals surface area (Å²) in [7, 11) is 0. The van der Waals surface area contributed by atoms with Gasteiger partial charge in [-0.1, -0.05) is 17.7 Å². The lowest BCUT2D eigenvalue weighted by atomic mass is 9.98. The molecule has 0 saturated carbocycles. The molecule has 0 radical (unpaired) electrons. The Kier molecular flexibility index (Phi) is 4.63. The van der Waals surface area contributed by atoms with Crippen LogP contribution in [0.5, 0.6) is 0 Å². The molecule has 0 aliphatic carbocycles. The molecule has 0 atom stereocenters. The van der Waals surface area contributed by atoms with E-state index in [1.165, 1.54) is 16.9 Å². The molecular weight excluding hydrogens is 342 g/mol. The number of benzene rings is 2. The molecule has 1 aromatic heterocycles. The van der Waals surface area contributed by atoms with E-state index >= 15 is 0 Å². The zero-order chi connectivity index (χ0) is 18.1. The van der Waals surface area contributed by atoms with E-state index < -0.39 is 17.5 Å². The Morgan fingerprint density at radius 1 is 1.08 bits per heavy atom. The Balaban J connectivity index is 1.86. The summed E-state index contributed by atoms with van der Waals surface area (Å²) in [5, 5.41) is 4.78. The van der Waals surface area contributed by atoms with Gasteiger partial charge in [0.15, 0.2) is 5.13 Å². The number of carbonyl (C=O) groups excluding carboxylic acids is 1. The van der Waals surface area contributed by atoms with Crippen molar-refractivity contribution in [2.45, 2.75) is 20.8 Å². The van der Waals surface area contributed by atoms with Crippen molar-refractivity contribution in [2.75, 3.05) is 5.32 Å². The SMILES string of the molecule is Cc1cc(C)c(-c2csc(NC(=O)c3ccc(F)cc3F)n2)c(C)c1. The molecule has 25 heavy (non-hydrogen) atoms. The number of halogens is 2. The van der Waals surface area contributed by atoms with Crippen molar-refractivity contribution >= 4 is 22.4 Å². The van der Waals surface area contributed by atoms with Gasteiger partial charge in [0.2, 0.25) is 0 Å². The molecule has 3 rings (SSSR count). The number of carbonyl (C=O) groups is 1. The summed E-state index contributed by atoms with van der Waals surface area (Å²) in [6, 6.07) is 7.00. The van der Waals surface area contributed by atoms with Crippen LogP contribution in [0.4, 0.5) is 13.9 Å². The highest BCUT2D eigenvalue weighted by Gasteiger charge is 2.16. The standard InChI is InChI=1S/C19H16F2N2OS/c1-10-6-11(2)17(12(3)7-10)16-9-25-19(22-16)23-18(24)14-5-4-13(20)8-15(14)21/h4-9H,1-3H3,(H,22,23,24). The number of amides is 1. The molecule has 0 spiro atoms. The van der Waals surface area contributed by atoms with Crippen LogP contribution in [0.25, 0.3) is 11.3 Å². The number of rotatable bonds is 3. The van der Waals surface area contributed by atoms with Crippen molar-refractivity contribution in [3.05, 3.63) is 69.6 Å². The van der Waals surface area contributed by atoms with Gasteiger partial charge in [0.1, 0.15) is 11.6 Å². The van der Waals surface area contributed by atoms with Crippen LogP contribution in [-0.4, -0.2) is 10.9 Å². The predicted molar refractivity (Wildman–Crippen MR) is 96.1 cm³/mol. The second-order valence-electron chi connectivity index (χ2n) is 5.89. The van der Waals surface area contributed by atoms with E-state index in [1.807, 2.05) is 26.2 Å². The smallest absolute Gasteiger partial charge is 0.260 e. The van der Waals surface area contributed by atoms with Crippen LogP contribution >= 0.6 is 11.3 Å². The molecular formula is C19H16F2N2OS. The fourth-order valence-electron chi connectivity index (χ4n) is 2.87. The van der Waals surface area contributed by atoms with Gasteiger partial charge < -0.3 is 0 Å². The Labute approximate surface area is 148 Å². The predicted octanol–water partition coefficient (Wildman–Crippen LogP) is 5.27. The summed E-state index contributed by atoms with van der Waals surface area (Å²) in [6.07, 6.45) is 0. The summed E-state index contributed by atoms with van der Waals surface area (Å²) >= 11 is 1.26. The van der Waals surface area contributed by atoms with E-state index in [1.54, 1.807) is 0 Å². The fraction of sp³-hybridized carbons (Fsp3) is 0.158. The molecule has 0 saturated heterocycles. The number of aryl methyl sites for hydroxylation is 3. The Hall–Kier alpha value is -2.60. The van der Waals surface area contributed by atoms with E-state index in [0.717, 1.165) is 34.5 Å². The van der Waals surface area contributed by atoms with Crippen LogP contribution in [-0.2, 0) is 0 Å². The third-order valence-electron chi connectivity index (χ3n) is 3.83. The minimum Gasteiger partial charge on any atom is -0.298 e.